The summed E-state index contributed by atoms with van der Waals surface area (Å²) in [5, 5.41) is 2.77. The highest BCUT2D eigenvalue weighted by Crippen LogP contribution is 2.74. The highest BCUT2D eigenvalue weighted by molar-refractivity contribution is 6.55. The summed E-state index contributed by atoms with van der Waals surface area (Å²) in [6, 6.07) is 10.0. The molecule has 0 bridgehead atoms. The molecule has 2 unspecified atom stereocenters. The Hall–Kier alpha value is -2.45. The second kappa shape index (κ2) is 8.64. The summed E-state index contributed by atoms with van der Waals surface area (Å²) in [5.41, 5.74) is 3.76. The minimum absolute atomic E-state index is 0.105. The summed E-state index contributed by atoms with van der Waals surface area (Å²) in [6.45, 7) is 0. The van der Waals surface area contributed by atoms with Crippen LogP contribution >= 0.6 is 46.4 Å². The number of alkyl halides is 2. The molecule has 1 aliphatic rings. The number of rotatable bonds is 5. The third kappa shape index (κ3) is 4.01. The van der Waals surface area contributed by atoms with Crippen molar-refractivity contribution in [2.45, 2.75) is 15.7 Å². The molecule has 1 fully saturated rings. The molecule has 0 spiro atoms. The Morgan fingerprint density at radius 3 is 2.03 bits per heavy atom. The number of nitrogens with two attached hydrogens (primary N) is 1. The zero-order valence-corrected chi connectivity index (χ0v) is 19.8. The van der Waals surface area contributed by atoms with Crippen molar-refractivity contribution < 1.29 is 22.8 Å². The fraction of sp³-hybridized carbons (Fsp3) is 0.130. The van der Waals surface area contributed by atoms with Gasteiger partial charge in [0, 0.05) is 27.6 Å². The first-order chi connectivity index (χ1) is 15.9. The molecule has 0 aliphatic heterocycles. The molecule has 4 rings (SSSR count). The van der Waals surface area contributed by atoms with E-state index in [1.54, 1.807) is 0 Å². The van der Waals surface area contributed by atoms with Crippen molar-refractivity contribution in [1.29, 1.82) is 0 Å². The summed E-state index contributed by atoms with van der Waals surface area (Å²) in [5.74, 6) is -5.65. The molecule has 0 aromatic heterocycles. The van der Waals surface area contributed by atoms with E-state index in [0.29, 0.717) is 11.6 Å². The van der Waals surface area contributed by atoms with Gasteiger partial charge >= 0.3 is 0 Å². The number of primary amides is 1. The first-order valence-corrected chi connectivity index (χ1v) is 11.1. The summed E-state index contributed by atoms with van der Waals surface area (Å²) in [7, 11) is 0. The Labute approximate surface area is 211 Å². The fourth-order valence-electron chi connectivity index (χ4n) is 4.16. The molecular formula is C23H13Cl4F3N2O2. The first-order valence-electron chi connectivity index (χ1n) is 9.59. The van der Waals surface area contributed by atoms with Crippen LogP contribution in [0, 0.1) is 17.5 Å². The molecule has 11 heteroatoms. The van der Waals surface area contributed by atoms with Gasteiger partial charge in [-0.1, -0.05) is 52.5 Å². The van der Waals surface area contributed by atoms with Crippen LogP contribution in [0.15, 0.2) is 54.6 Å². The molecule has 3 aromatic rings. The fourth-order valence-corrected chi connectivity index (χ4v) is 5.79. The Kier molecular flexibility index (Phi) is 6.27. The van der Waals surface area contributed by atoms with Crippen molar-refractivity contribution in [3.05, 3.63) is 98.8 Å². The minimum Gasteiger partial charge on any atom is -0.369 e. The molecule has 1 saturated carbocycles. The van der Waals surface area contributed by atoms with Crippen LogP contribution in [-0.2, 0) is 10.2 Å². The first kappa shape index (κ1) is 24.7. The van der Waals surface area contributed by atoms with E-state index in [-0.39, 0.29) is 26.9 Å². The summed E-state index contributed by atoms with van der Waals surface area (Å²) in [6.07, 6.45) is 0. The van der Waals surface area contributed by atoms with Crippen molar-refractivity contribution in [2.75, 3.05) is 5.32 Å². The molecule has 3 aromatic carbocycles. The van der Waals surface area contributed by atoms with Crippen LogP contribution in [0.1, 0.15) is 27.4 Å². The Bertz CT molecular complexity index is 1310. The number of hydrogen-bond donors (Lipinski definition) is 2. The molecule has 34 heavy (non-hydrogen) atoms. The van der Waals surface area contributed by atoms with Crippen molar-refractivity contribution in [2.24, 2.45) is 5.73 Å². The number of carbonyl (C=O) groups excluding carboxylic acids is 2. The van der Waals surface area contributed by atoms with Gasteiger partial charge in [-0.25, -0.2) is 13.2 Å². The van der Waals surface area contributed by atoms with Crippen LogP contribution in [0.3, 0.4) is 0 Å². The van der Waals surface area contributed by atoms with Gasteiger partial charge in [-0.05, 0) is 53.6 Å². The Morgan fingerprint density at radius 2 is 1.47 bits per heavy atom. The van der Waals surface area contributed by atoms with E-state index in [4.69, 9.17) is 52.1 Å². The van der Waals surface area contributed by atoms with Gasteiger partial charge in [0.1, 0.15) is 27.2 Å². The van der Waals surface area contributed by atoms with Gasteiger partial charge in [0.05, 0.1) is 5.69 Å². The van der Waals surface area contributed by atoms with E-state index in [9.17, 15) is 22.8 Å². The number of anilines is 1. The third-order valence-corrected chi connectivity index (χ3v) is 7.11. The van der Waals surface area contributed by atoms with Crippen LogP contribution in [0.4, 0.5) is 18.9 Å². The van der Waals surface area contributed by atoms with Crippen LogP contribution in [0.5, 0.6) is 0 Å². The number of benzene rings is 3. The molecule has 4 nitrogen and oxygen atoms in total. The third-order valence-electron chi connectivity index (χ3n) is 5.64. The number of hydrogen-bond acceptors (Lipinski definition) is 2. The lowest BCUT2D eigenvalue weighted by Crippen LogP contribution is -2.34. The van der Waals surface area contributed by atoms with Crippen LogP contribution in [0.2, 0.25) is 10.0 Å². The van der Waals surface area contributed by atoms with Crippen LogP contribution in [-0.4, -0.2) is 16.1 Å². The normalized spacial score (nSPS) is 20.6. The standard InChI is InChI=1S/C23H13Cl4F3N2O2/c24-13-3-10(4-14(25)8-13)19-22(21(31)34,23(19,26)27)12-1-2-17(30)18(7-12)32-20(33)11-5-15(28)9-16(29)6-11/h1-9,19H,(H2,31,34)(H,32,33). The quantitative estimate of drug-likeness (QED) is 0.365. The van der Waals surface area contributed by atoms with Gasteiger partial charge in [-0.2, -0.15) is 0 Å². The smallest absolute Gasteiger partial charge is 0.255 e. The average Bonchev–Trinajstić information content (AvgIpc) is 3.25. The SMILES string of the molecule is NC(=O)C1(c2ccc(F)c(NC(=O)c3cc(F)cc(F)c3)c2)C(c2cc(Cl)cc(Cl)c2)C1(Cl)Cl. The number of halogens is 7. The maximum atomic E-state index is 14.6. The van der Waals surface area contributed by atoms with Gasteiger partial charge in [0.2, 0.25) is 5.91 Å². The second-order valence-corrected chi connectivity index (χ2v) is 10.00. The summed E-state index contributed by atoms with van der Waals surface area (Å²) in [4.78, 5) is 25.2. The number of carbonyl (C=O) groups is 2. The van der Waals surface area contributed by atoms with Crippen molar-refractivity contribution in [3.8, 4) is 0 Å². The minimum atomic E-state index is -1.75. The largest absolute Gasteiger partial charge is 0.369 e. The van der Waals surface area contributed by atoms with Crippen molar-refractivity contribution >= 4 is 63.9 Å². The number of nitrogens with one attached hydrogen (secondary N) is 1. The lowest BCUT2D eigenvalue weighted by Gasteiger charge is -2.17. The molecule has 0 heterocycles. The molecule has 176 valence electrons. The van der Waals surface area contributed by atoms with Crippen molar-refractivity contribution in [3.63, 3.8) is 0 Å². The maximum Gasteiger partial charge on any atom is 0.255 e. The predicted octanol–water partition coefficient (Wildman–Crippen LogP) is 6.36. The highest BCUT2D eigenvalue weighted by atomic mass is 35.5. The maximum absolute atomic E-state index is 14.6. The van der Waals surface area contributed by atoms with Gasteiger partial charge in [-0.15, -0.1) is 0 Å². The monoisotopic (exact) mass is 546 g/mol. The van der Waals surface area contributed by atoms with E-state index in [2.05, 4.69) is 5.32 Å². The van der Waals surface area contributed by atoms with Crippen LogP contribution in [0.25, 0.3) is 0 Å². The van der Waals surface area contributed by atoms with E-state index < -0.39 is 44.9 Å². The average molecular weight is 548 g/mol. The molecule has 1 aliphatic carbocycles. The summed E-state index contributed by atoms with van der Waals surface area (Å²) < 4.78 is 39.8. The molecule has 3 N–H and O–H groups in total. The summed E-state index contributed by atoms with van der Waals surface area (Å²) >= 11 is 25.2. The molecule has 2 amide bonds. The van der Waals surface area contributed by atoms with E-state index in [1.807, 2.05) is 0 Å². The molecule has 0 radical (unpaired) electrons. The highest BCUT2D eigenvalue weighted by Gasteiger charge is 2.80. The van der Waals surface area contributed by atoms with Gasteiger partial charge < -0.3 is 11.1 Å². The molecule has 2 atom stereocenters. The Morgan fingerprint density at radius 1 is 0.882 bits per heavy atom. The van der Waals surface area contributed by atoms with Crippen LogP contribution < -0.4 is 11.1 Å². The lowest BCUT2D eigenvalue weighted by atomic mass is 9.89. The molecule has 0 saturated heterocycles. The zero-order chi connectivity index (χ0) is 25.0. The van der Waals surface area contributed by atoms with E-state index >= 15 is 0 Å². The van der Waals surface area contributed by atoms with E-state index in [1.165, 1.54) is 24.3 Å². The van der Waals surface area contributed by atoms with Gasteiger partial charge in [-0.3, -0.25) is 9.59 Å². The van der Waals surface area contributed by atoms with Gasteiger partial charge in [0.15, 0.2) is 0 Å². The Balaban J connectivity index is 1.76. The second-order valence-electron chi connectivity index (χ2n) is 7.74. The predicted molar refractivity (Wildman–Crippen MR) is 125 cm³/mol. The topological polar surface area (TPSA) is 72.2 Å². The zero-order valence-electron chi connectivity index (χ0n) is 16.8. The van der Waals surface area contributed by atoms with Crippen molar-refractivity contribution in [1.82, 2.24) is 0 Å². The van der Waals surface area contributed by atoms with E-state index in [0.717, 1.165) is 24.3 Å². The van der Waals surface area contributed by atoms with Gasteiger partial charge in [0.25, 0.3) is 5.91 Å². The number of amides is 2. The lowest BCUT2D eigenvalue weighted by molar-refractivity contribution is -0.120. The molecular weight excluding hydrogens is 535 g/mol.